The maximum Gasteiger partial charge on any atom is 0.159 e. The van der Waals surface area contributed by atoms with E-state index in [4.69, 9.17) is 38.4 Å². The van der Waals surface area contributed by atoms with Crippen molar-refractivity contribution in [2.24, 2.45) is 5.73 Å². The maximum atomic E-state index is 6.09. The molecule has 17 heavy (non-hydrogen) atoms. The van der Waals surface area contributed by atoms with Crippen molar-refractivity contribution in [3.05, 3.63) is 33.8 Å². The molecule has 1 fully saturated rings. The molecule has 1 aromatic rings. The molecule has 2 rings (SSSR count). The quantitative estimate of drug-likeness (QED) is 0.919. The summed E-state index contributed by atoms with van der Waals surface area (Å²) in [5.41, 5.74) is 7.04. The lowest BCUT2D eigenvalue weighted by molar-refractivity contribution is -0.0504. The van der Waals surface area contributed by atoms with Crippen molar-refractivity contribution in [2.45, 2.75) is 25.2 Å². The molecular formula is C12H15Cl2NO2. The largest absolute Gasteiger partial charge is 0.350 e. The third kappa shape index (κ3) is 3.83. The number of ether oxygens (including phenoxy) is 2. The van der Waals surface area contributed by atoms with Crippen LogP contribution in [0.4, 0.5) is 0 Å². The van der Waals surface area contributed by atoms with Crippen molar-refractivity contribution < 1.29 is 9.47 Å². The molecule has 0 saturated carbocycles. The third-order valence-corrected chi connectivity index (χ3v) is 3.27. The first-order valence-corrected chi connectivity index (χ1v) is 6.33. The van der Waals surface area contributed by atoms with E-state index >= 15 is 0 Å². The molecule has 1 aromatic carbocycles. The summed E-state index contributed by atoms with van der Waals surface area (Å²) in [6.07, 6.45) is 1.20. The van der Waals surface area contributed by atoms with Crippen LogP contribution in [-0.4, -0.2) is 25.5 Å². The molecular weight excluding hydrogens is 261 g/mol. The Kier molecular flexibility index (Phi) is 4.65. The highest BCUT2D eigenvalue weighted by Gasteiger charge is 2.19. The van der Waals surface area contributed by atoms with Crippen molar-refractivity contribution in [2.75, 3.05) is 13.2 Å². The Morgan fingerprint density at radius 1 is 1.29 bits per heavy atom. The Morgan fingerprint density at radius 3 is 2.65 bits per heavy atom. The number of hydrogen-bond donors (Lipinski definition) is 1. The molecule has 1 atom stereocenters. The third-order valence-electron chi connectivity index (χ3n) is 2.68. The van der Waals surface area contributed by atoms with Gasteiger partial charge in [-0.05, 0) is 24.1 Å². The van der Waals surface area contributed by atoms with Crippen LogP contribution in [0.1, 0.15) is 12.0 Å². The van der Waals surface area contributed by atoms with Crippen LogP contribution in [-0.2, 0) is 15.9 Å². The molecule has 0 spiro atoms. The van der Waals surface area contributed by atoms with Gasteiger partial charge in [-0.3, -0.25) is 0 Å². The van der Waals surface area contributed by atoms with Gasteiger partial charge in [-0.25, -0.2) is 0 Å². The van der Waals surface area contributed by atoms with Gasteiger partial charge in [0.1, 0.15) is 0 Å². The molecule has 1 aliphatic rings. The van der Waals surface area contributed by atoms with E-state index < -0.39 is 0 Å². The molecule has 0 bridgehead atoms. The Bertz CT molecular complexity index is 381. The summed E-state index contributed by atoms with van der Waals surface area (Å²) in [5.74, 6) is 0. The Morgan fingerprint density at radius 2 is 2.00 bits per heavy atom. The molecule has 1 aliphatic heterocycles. The van der Waals surface area contributed by atoms with E-state index in [1.165, 1.54) is 0 Å². The van der Waals surface area contributed by atoms with Gasteiger partial charge < -0.3 is 15.2 Å². The van der Waals surface area contributed by atoms with Crippen LogP contribution in [0.25, 0.3) is 0 Å². The van der Waals surface area contributed by atoms with E-state index in [9.17, 15) is 0 Å². The summed E-state index contributed by atoms with van der Waals surface area (Å²) >= 11 is 11.9. The summed E-state index contributed by atoms with van der Waals surface area (Å²) in [4.78, 5) is 0. The molecule has 5 heteroatoms. The molecule has 94 valence electrons. The summed E-state index contributed by atoms with van der Waals surface area (Å²) in [7, 11) is 0. The van der Waals surface area contributed by atoms with Crippen molar-refractivity contribution in [3.63, 3.8) is 0 Å². The topological polar surface area (TPSA) is 44.5 Å². The van der Waals surface area contributed by atoms with Crippen LogP contribution in [0.3, 0.4) is 0 Å². The van der Waals surface area contributed by atoms with Crippen LogP contribution in [0, 0.1) is 0 Å². The van der Waals surface area contributed by atoms with Gasteiger partial charge in [-0.15, -0.1) is 0 Å². The number of rotatable bonds is 4. The van der Waals surface area contributed by atoms with Crippen LogP contribution < -0.4 is 5.73 Å². The van der Waals surface area contributed by atoms with E-state index in [1.807, 2.05) is 12.1 Å². The maximum absolute atomic E-state index is 6.09. The Balaban J connectivity index is 1.90. The van der Waals surface area contributed by atoms with E-state index in [0.29, 0.717) is 36.1 Å². The van der Waals surface area contributed by atoms with E-state index in [0.717, 1.165) is 5.56 Å². The van der Waals surface area contributed by atoms with Gasteiger partial charge in [0.2, 0.25) is 0 Å². The zero-order valence-electron chi connectivity index (χ0n) is 9.36. The Labute approximate surface area is 111 Å². The van der Waals surface area contributed by atoms with Crippen LogP contribution in [0.5, 0.6) is 0 Å². The number of nitrogens with two attached hydrogens (primary N) is 1. The highest BCUT2D eigenvalue weighted by molar-refractivity contribution is 6.35. The normalized spacial score (nSPS) is 18.5. The molecule has 0 aromatic heterocycles. The van der Waals surface area contributed by atoms with Crippen molar-refractivity contribution >= 4 is 23.2 Å². The van der Waals surface area contributed by atoms with Crippen LogP contribution in [0.2, 0.25) is 10.0 Å². The van der Waals surface area contributed by atoms with Gasteiger partial charge in [0.05, 0.1) is 13.2 Å². The highest BCUT2D eigenvalue weighted by Crippen LogP contribution is 2.23. The lowest BCUT2D eigenvalue weighted by Gasteiger charge is -2.16. The summed E-state index contributed by atoms with van der Waals surface area (Å²) in [6, 6.07) is 5.42. The average Bonchev–Trinajstić information content (AvgIpc) is 2.75. The first kappa shape index (κ1) is 13.1. The molecule has 3 nitrogen and oxygen atoms in total. The minimum absolute atomic E-state index is 0.0308. The van der Waals surface area contributed by atoms with Gasteiger partial charge in [0, 0.05) is 22.5 Å². The average molecular weight is 276 g/mol. The zero-order chi connectivity index (χ0) is 12.3. The molecule has 0 amide bonds. The number of halogens is 2. The summed E-state index contributed by atoms with van der Waals surface area (Å²) in [6.45, 7) is 1.30. The van der Waals surface area contributed by atoms with Gasteiger partial charge in [-0.1, -0.05) is 29.3 Å². The molecule has 1 heterocycles. The highest BCUT2D eigenvalue weighted by atomic mass is 35.5. The lowest BCUT2D eigenvalue weighted by Crippen LogP contribution is -2.28. The minimum Gasteiger partial charge on any atom is -0.350 e. The predicted molar refractivity (Wildman–Crippen MR) is 68.5 cm³/mol. The second-order valence-electron chi connectivity index (χ2n) is 4.11. The summed E-state index contributed by atoms with van der Waals surface area (Å²) in [5, 5.41) is 1.29. The van der Waals surface area contributed by atoms with Crippen molar-refractivity contribution in [1.82, 2.24) is 0 Å². The fraction of sp³-hybridized carbons (Fsp3) is 0.500. The summed E-state index contributed by atoms with van der Waals surface area (Å²) < 4.78 is 10.7. The van der Waals surface area contributed by atoms with Gasteiger partial charge >= 0.3 is 0 Å². The second-order valence-corrected chi connectivity index (χ2v) is 4.95. The monoisotopic (exact) mass is 275 g/mol. The SMILES string of the molecule is NC(Cc1ccc(Cl)cc1Cl)CC1OCCO1. The van der Waals surface area contributed by atoms with E-state index in [1.54, 1.807) is 6.07 Å². The standard InChI is InChI=1S/C12H15Cl2NO2/c13-9-2-1-8(11(14)6-9)5-10(15)7-12-16-3-4-17-12/h1-2,6,10,12H,3-5,7,15H2. The van der Waals surface area contributed by atoms with Crippen molar-refractivity contribution in [3.8, 4) is 0 Å². The van der Waals surface area contributed by atoms with Gasteiger partial charge in [-0.2, -0.15) is 0 Å². The Hall–Kier alpha value is -0.320. The molecule has 0 radical (unpaired) electrons. The van der Waals surface area contributed by atoms with Crippen LogP contribution >= 0.6 is 23.2 Å². The zero-order valence-corrected chi connectivity index (χ0v) is 10.9. The van der Waals surface area contributed by atoms with Gasteiger partial charge in [0.15, 0.2) is 6.29 Å². The fourth-order valence-electron chi connectivity index (χ4n) is 1.84. The van der Waals surface area contributed by atoms with Crippen molar-refractivity contribution in [1.29, 1.82) is 0 Å². The first-order valence-electron chi connectivity index (χ1n) is 5.58. The molecule has 1 unspecified atom stereocenters. The fourth-order valence-corrected chi connectivity index (χ4v) is 2.33. The molecule has 1 saturated heterocycles. The molecule has 2 N–H and O–H groups in total. The second kappa shape index (κ2) is 6.03. The number of benzene rings is 1. The smallest absolute Gasteiger partial charge is 0.159 e. The molecule has 0 aliphatic carbocycles. The van der Waals surface area contributed by atoms with E-state index in [-0.39, 0.29) is 12.3 Å². The van der Waals surface area contributed by atoms with Gasteiger partial charge in [0.25, 0.3) is 0 Å². The number of hydrogen-bond acceptors (Lipinski definition) is 3. The first-order chi connectivity index (χ1) is 8.15. The lowest BCUT2D eigenvalue weighted by atomic mass is 10.0. The predicted octanol–water partition coefficient (Wildman–Crippen LogP) is 2.63. The van der Waals surface area contributed by atoms with E-state index in [2.05, 4.69) is 0 Å². The van der Waals surface area contributed by atoms with Crippen LogP contribution in [0.15, 0.2) is 18.2 Å². The minimum atomic E-state index is -0.170.